The van der Waals surface area contributed by atoms with Gasteiger partial charge in [0, 0.05) is 44.8 Å². The second kappa shape index (κ2) is 11.7. The maximum absolute atomic E-state index is 5.18. The normalized spacial score (nSPS) is 14.8. The third-order valence-corrected chi connectivity index (χ3v) is 6.94. The number of hydrogen-bond acceptors (Lipinski definition) is 4. The zero-order valence-electron chi connectivity index (χ0n) is 21.5. The summed E-state index contributed by atoms with van der Waals surface area (Å²) in [5.74, 6) is 1.30. The van der Waals surface area contributed by atoms with Crippen LogP contribution < -0.4 is 4.90 Å². The molecule has 0 radical (unpaired) electrons. The fourth-order valence-electron chi connectivity index (χ4n) is 4.99. The highest BCUT2D eigenvalue weighted by Crippen LogP contribution is 2.31. The number of likely N-dealkylation sites (N-methyl/N-ethyl adjacent to an activating group) is 1. The highest BCUT2D eigenvalue weighted by molar-refractivity contribution is 5.56. The molecule has 0 amide bonds. The molecule has 1 aliphatic rings. The molecule has 0 atom stereocenters. The van der Waals surface area contributed by atoms with Crippen LogP contribution in [-0.2, 0) is 19.5 Å². The second-order valence-corrected chi connectivity index (χ2v) is 9.47. The Balaban J connectivity index is 1.70. The van der Waals surface area contributed by atoms with Gasteiger partial charge in [0.05, 0.1) is 11.4 Å². The summed E-state index contributed by atoms with van der Waals surface area (Å²) in [6.07, 6.45) is 2.09. The Morgan fingerprint density at radius 1 is 0.853 bits per heavy atom. The Hall–Kier alpha value is -2.63. The second-order valence-electron chi connectivity index (χ2n) is 9.47. The van der Waals surface area contributed by atoms with Crippen LogP contribution in [0.15, 0.2) is 54.6 Å². The summed E-state index contributed by atoms with van der Waals surface area (Å²) in [6, 6.07) is 19.7. The van der Waals surface area contributed by atoms with E-state index in [1.165, 1.54) is 28.2 Å². The summed E-state index contributed by atoms with van der Waals surface area (Å²) >= 11 is 0. The monoisotopic (exact) mass is 459 g/mol. The van der Waals surface area contributed by atoms with Gasteiger partial charge in [0.1, 0.15) is 5.82 Å². The minimum absolute atomic E-state index is 0.932. The largest absolute Gasteiger partial charge is 0.354 e. The van der Waals surface area contributed by atoms with Crippen molar-refractivity contribution >= 4 is 5.82 Å². The first-order valence-corrected chi connectivity index (χ1v) is 13.0. The standard InChI is InChI=1S/C29H41N5/c1-5-17-32(22-25-15-13-24(4)14-16-25)23-27-28(6-2)30-34(26-11-9-8-10-12-26)29(27)33-20-18-31(7-3)19-21-33/h8-16H,5-7,17-23H2,1-4H3. The van der Waals surface area contributed by atoms with Gasteiger partial charge < -0.3 is 9.80 Å². The van der Waals surface area contributed by atoms with Gasteiger partial charge in [-0.2, -0.15) is 5.10 Å². The molecule has 1 fully saturated rings. The van der Waals surface area contributed by atoms with Crippen molar-refractivity contribution in [2.45, 2.75) is 53.6 Å². The summed E-state index contributed by atoms with van der Waals surface area (Å²) in [4.78, 5) is 7.72. The van der Waals surface area contributed by atoms with Crippen molar-refractivity contribution in [1.29, 1.82) is 0 Å². The van der Waals surface area contributed by atoms with E-state index in [0.29, 0.717) is 0 Å². The van der Waals surface area contributed by atoms with E-state index >= 15 is 0 Å². The molecule has 1 saturated heterocycles. The van der Waals surface area contributed by atoms with Gasteiger partial charge >= 0.3 is 0 Å². The van der Waals surface area contributed by atoms with Crippen molar-refractivity contribution in [2.24, 2.45) is 0 Å². The van der Waals surface area contributed by atoms with E-state index < -0.39 is 0 Å². The van der Waals surface area contributed by atoms with Gasteiger partial charge in [-0.25, -0.2) is 4.68 Å². The molecule has 4 rings (SSSR count). The first-order chi connectivity index (χ1) is 16.6. The molecule has 2 heterocycles. The third-order valence-electron chi connectivity index (χ3n) is 6.94. The number of benzene rings is 2. The molecule has 5 heteroatoms. The average Bonchev–Trinajstić information content (AvgIpc) is 3.24. The van der Waals surface area contributed by atoms with E-state index in [-0.39, 0.29) is 0 Å². The first-order valence-electron chi connectivity index (χ1n) is 13.0. The van der Waals surface area contributed by atoms with E-state index in [9.17, 15) is 0 Å². The first kappa shape index (κ1) is 24.5. The molecular weight excluding hydrogens is 418 g/mol. The predicted molar refractivity (Wildman–Crippen MR) is 143 cm³/mol. The molecule has 3 aromatic rings. The van der Waals surface area contributed by atoms with Crippen LogP contribution in [0.1, 0.15) is 49.6 Å². The molecule has 1 aliphatic heterocycles. The molecule has 182 valence electrons. The molecule has 0 N–H and O–H groups in total. The van der Waals surface area contributed by atoms with Crippen molar-refractivity contribution in [1.82, 2.24) is 19.6 Å². The Labute approximate surface area is 206 Å². The van der Waals surface area contributed by atoms with Crippen LogP contribution in [0.4, 0.5) is 5.82 Å². The number of aryl methyl sites for hydroxylation is 2. The molecule has 34 heavy (non-hydrogen) atoms. The zero-order chi connectivity index (χ0) is 23.9. The van der Waals surface area contributed by atoms with Gasteiger partial charge in [0.2, 0.25) is 0 Å². The topological polar surface area (TPSA) is 27.5 Å². The smallest absolute Gasteiger partial charge is 0.137 e. The molecule has 2 aromatic carbocycles. The Kier molecular flexibility index (Phi) is 8.41. The Bertz CT molecular complexity index is 1020. The van der Waals surface area contributed by atoms with E-state index in [4.69, 9.17) is 5.10 Å². The molecule has 1 aromatic heterocycles. The van der Waals surface area contributed by atoms with Crippen LogP contribution in [0.5, 0.6) is 0 Å². The number of hydrogen-bond donors (Lipinski definition) is 0. The van der Waals surface area contributed by atoms with Crippen LogP contribution >= 0.6 is 0 Å². The fraction of sp³-hybridized carbons (Fsp3) is 0.483. The summed E-state index contributed by atoms with van der Waals surface area (Å²) in [5.41, 5.74) is 6.47. The van der Waals surface area contributed by atoms with Gasteiger partial charge in [-0.1, -0.05) is 68.8 Å². The number of aromatic nitrogens is 2. The van der Waals surface area contributed by atoms with Crippen LogP contribution in [-0.4, -0.2) is 58.8 Å². The summed E-state index contributed by atoms with van der Waals surface area (Å²) in [5, 5.41) is 5.18. The van der Waals surface area contributed by atoms with E-state index in [0.717, 1.165) is 70.9 Å². The Morgan fingerprint density at radius 2 is 1.56 bits per heavy atom. The summed E-state index contributed by atoms with van der Waals surface area (Å²) in [6.45, 7) is 17.4. The molecule has 0 unspecified atom stereocenters. The molecule has 0 saturated carbocycles. The van der Waals surface area contributed by atoms with Crippen LogP contribution in [0, 0.1) is 6.92 Å². The number of para-hydroxylation sites is 1. The zero-order valence-corrected chi connectivity index (χ0v) is 21.5. The number of nitrogens with zero attached hydrogens (tertiary/aromatic N) is 5. The fourth-order valence-corrected chi connectivity index (χ4v) is 4.99. The number of anilines is 1. The van der Waals surface area contributed by atoms with E-state index in [2.05, 4.69) is 102 Å². The van der Waals surface area contributed by atoms with Gasteiger partial charge in [-0.05, 0) is 50.6 Å². The van der Waals surface area contributed by atoms with E-state index in [1.54, 1.807) is 0 Å². The van der Waals surface area contributed by atoms with E-state index in [1.807, 2.05) is 0 Å². The molecule has 0 aliphatic carbocycles. The average molecular weight is 460 g/mol. The maximum atomic E-state index is 5.18. The van der Waals surface area contributed by atoms with Crippen LogP contribution in [0.2, 0.25) is 0 Å². The SMILES string of the molecule is CCCN(Cc1ccc(C)cc1)Cc1c(CC)nn(-c2ccccc2)c1N1CCN(CC)CC1. The van der Waals surface area contributed by atoms with Crippen molar-refractivity contribution < 1.29 is 0 Å². The van der Waals surface area contributed by atoms with Gasteiger partial charge in [-0.3, -0.25) is 4.90 Å². The highest BCUT2D eigenvalue weighted by atomic mass is 15.4. The Morgan fingerprint density at radius 3 is 2.18 bits per heavy atom. The molecular formula is C29H41N5. The molecule has 0 spiro atoms. The summed E-state index contributed by atoms with van der Waals surface area (Å²) < 4.78 is 2.21. The van der Waals surface area contributed by atoms with Gasteiger partial charge in [0.15, 0.2) is 0 Å². The van der Waals surface area contributed by atoms with Crippen LogP contribution in [0.25, 0.3) is 5.69 Å². The van der Waals surface area contributed by atoms with Gasteiger partial charge in [0.25, 0.3) is 0 Å². The summed E-state index contributed by atoms with van der Waals surface area (Å²) in [7, 11) is 0. The van der Waals surface area contributed by atoms with Crippen molar-refractivity contribution in [3.63, 3.8) is 0 Å². The number of rotatable bonds is 10. The lowest BCUT2D eigenvalue weighted by molar-refractivity contribution is 0.254. The lowest BCUT2D eigenvalue weighted by Gasteiger charge is -2.36. The minimum atomic E-state index is 0.932. The minimum Gasteiger partial charge on any atom is -0.354 e. The predicted octanol–water partition coefficient (Wildman–Crippen LogP) is 5.30. The highest BCUT2D eigenvalue weighted by Gasteiger charge is 2.27. The van der Waals surface area contributed by atoms with Crippen LogP contribution in [0.3, 0.4) is 0 Å². The van der Waals surface area contributed by atoms with Crippen molar-refractivity contribution in [2.75, 3.05) is 44.2 Å². The third kappa shape index (κ3) is 5.70. The lowest BCUT2D eigenvalue weighted by Crippen LogP contribution is -2.47. The van der Waals surface area contributed by atoms with Gasteiger partial charge in [-0.15, -0.1) is 0 Å². The molecule has 0 bridgehead atoms. The maximum Gasteiger partial charge on any atom is 0.137 e. The molecule has 5 nitrogen and oxygen atoms in total. The van der Waals surface area contributed by atoms with Crippen molar-refractivity contribution in [3.8, 4) is 5.69 Å². The quantitative estimate of drug-likeness (QED) is 0.411. The van der Waals surface area contributed by atoms with Crippen molar-refractivity contribution in [3.05, 3.63) is 77.0 Å². The number of piperazine rings is 1. The lowest BCUT2D eigenvalue weighted by atomic mass is 10.1.